The predicted octanol–water partition coefficient (Wildman–Crippen LogP) is 1.23. The van der Waals surface area contributed by atoms with Crippen molar-refractivity contribution in [3.05, 3.63) is 0 Å². The Hall–Kier alpha value is -0.130. The fourth-order valence-electron chi connectivity index (χ4n) is 1.81. The van der Waals surface area contributed by atoms with Gasteiger partial charge < -0.3 is 4.74 Å². The van der Waals surface area contributed by atoms with Gasteiger partial charge in [0.05, 0.1) is 18.0 Å². The van der Waals surface area contributed by atoms with Crippen molar-refractivity contribution in [1.29, 1.82) is 0 Å². The minimum Gasteiger partial charge on any atom is -0.373 e. The van der Waals surface area contributed by atoms with E-state index in [1.165, 1.54) is 0 Å². The van der Waals surface area contributed by atoms with Crippen LogP contribution in [0.25, 0.3) is 0 Å². The van der Waals surface area contributed by atoms with Crippen molar-refractivity contribution in [3.8, 4) is 0 Å². The fourth-order valence-corrected chi connectivity index (χ4v) is 3.60. The summed E-state index contributed by atoms with van der Waals surface area (Å²) in [6.07, 6.45) is 1.66. The van der Waals surface area contributed by atoms with Crippen molar-refractivity contribution in [2.75, 3.05) is 18.8 Å². The molecule has 0 aromatic rings. The van der Waals surface area contributed by atoms with Crippen molar-refractivity contribution in [2.24, 2.45) is 0 Å². The molecular formula is C10H21NO3S. The second-order valence-electron chi connectivity index (χ2n) is 4.24. The fraction of sp³-hybridized carbons (Fsp3) is 1.00. The van der Waals surface area contributed by atoms with Crippen LogP contribution in [0.15, 0.2) is 0 Å². The molecule has 0 spiro atoms. The molecule has 1 saturated heterocycles. The molecule has 4 nitrogen and oxygen atoms in total. The van der Waals surface area contributed by atoms with Gasteiger partial charge in [0.25, 0.3) is 0 Å². The number of unbranched alkanes of at least 4 members (excludes halogenated alkanes) is 1. The zero-order valence-electron chi connectivity index (χ0n) is 9.77. The first-order valence-electron chi connectivity index (χ1n) is 5.59. The molecule has 90 valence electrons. The molecule has 0 aromatic carbocycles. The van der Waals surface area contributed by atoms with Gasteiger partial charge in [-0.25, -0.2) is 8.42 Å². The van der Waals surface area contributed by atoms with E-state index in [9.17, 15) is 8.42 Å². The van der Waals surface area contributed by atoms with Gasteiger partial charge in [0.15, 0.2) is 0 Å². The highest BCUT2D eigenvalue weighted by Gasteiger charge is 2.30. The molecular weight excluding hydrogens is 214 g/mol. The summed E-state index contributed by atoms with van der Waals surface area (Å²) < 4.78 is 30.9. The van der Waals surface area contributed by atoms with Gasteiger partial charge in [-0.3, -0.25) is 0 Å². The lowest BCUT2D eigenvalue weighted by Gasteiger charge is -2.34. The second-order valence-corrected chi connectivity index (χ2v) is 6.33. The summed E-state index contributed by atoms with van der Waals surface area (Å²) >= 11 is 0. The largest absolute Gasteiger partial charge is 0.373 e. The van der Waals surface area contributed by atoms with Gasteiger partial charge in [0.2, 0.25) is 10.0 Å². The van der Waals surface area contributed by atoms with Crippen LogP contribution in [0.2, 0.25) is 0 Å². The van der Waals surface area contributed by atoms with Crippen molar-refractivity contribution in [2.45, 2.75) is 45.8 Å². The first-order chi connectivity index (χ1) is 6.95. The van der Waals surface area contributed by atoms with Gasteiger partial charge in [-0.2, -0.15) is 4.31 Å². The quantitative estimate of drug-likeness (QED) is 0.736. The molecule has 1 heterocycles. The molecule has 0 aromatic heterocycles. The van der Waals surface area contributed by atoms with E-state index in [4.69, 9.17) is 4.74 Å². The van der Waals surface area contributed by atoms with Crippen LogP contribution in [-0.2, 0) is 14.8 Å². The monoisotopic (exact) mass is 235 g/mol. The normalized spacial score (nSPS) is 29.3. The van der Waals surface area contributed by atoms with Crippen LogP contribution in [0.1, 0.15) is 33.6 Å². The molecule has 1 fully saturated rings. The summed E-state index contributed by atoms with van der Waals surface area (Å²) in [4.78, 5) is 0. The molecule has 5 heteroatoms. The van der Waals surface area contributed by atoms with Gasteiger partial charge in [-0.1, -0.05) is 13.3 Å². The van der Waals surface area contributed by atoms with E-state index < -0.39 is 10.0 Å². The minimum atomic E-state index is -3.06. The maximum Gasteiger partial charge on any atom is 0.214 e. The van der Waals surface area contributed by atoms with E-state index in [1.807, 2.05) is 20.8 Å². The van der Waals surface area contributed by atoms with Crippen molar-refractivity contribution >= 4 is 10.0 Å². The first-order valence-corrected chi connectivity index (χ1v) is 7.20. The number of hydrogen-bond donors (Lipinski definition) is 0. The summed E-state index contributed by atoms with van der Waals surface area (Å²) in [7, 11) is -3.06. The Labute approximate surface area is 92.7 Å². The van der Waals surface area contributed by atoms with E-state index in [-0.39, 0.29) is 18.0 Å². The molecule has 0 saturated carbocycles. The zero-order valence-corrected chi connectivity index (χ0v) is 10.6. The van der Waals surface area contributed by atoms with Gasteiger partial charge in [0, 0.05) is 13.1 Å². The Balaban J connectivity index is 2.61. The first kappa shape index (κ1) is 12.9. The van der Waals surface area contributed by atoms with Gasteiger partial charge in [-0.05, 0) is 20.3 Å². The Kier molecular flexibility index (Phi) is 4.55. The van der Waals surface area contributed by atoms with Crippen LogP contribution in [0, 0.1) is 0 Å². The Morgan fingerprint density at radius 1 is 1.27 bits per heavy atom. The topological polar surface area (TPSA) is 46.6 Å². The standard InChI is InChI=1S/C10H21NO3S/c1-4-5-6-15(12,13)11-7-9(2)14-10(3)8-11/h9-10H,4-8H2,1-3H3/t9-,10+. The summed E-state index contributed by atoms with van der Waals surface area (Å²) in [5.41, 5.74) is 0. The van der Waals surface area contributed by atoms with E-state index in [2.05, 4.69) is 0 Å². The number of sulfonamides is 1. The molecule has 0 unspecified atom stereocenters. The smallest absolute Gasteiger partial charge is 0.214 e. The van der Waals surface area contributed by atoms with Crippen LogP contribution in [0.3, 0.4) is 0 Å². The average molecular weight is 235 g/mol. The molecule has 0 radical (unpaired) electrons. The maximum atomic E-state index is 11.9. The second kappa shape index (κ2) is 5.27. The van der Waals surface area contributed by atoms with Crippen LogP contribution in [0.5, 0.6) is 0 Å². The number of ether oxygens (including phenoxy) is 1. The van der Waals surface area contributed by atoms with Crippen LogP contribution < -0.4 is 0 Å². The van der Waals surface area contributed by atoms with Crippen molar-refractivity contribution in [3.63, 3.8) is 0 Å². The van der Waals surface area contributed by atoms with Gasteiger partial charge in [0.1, 0.15) is 0 Å². The lowest BCUT2D eigenvalue weighted by atomic mass is 10.3. The van der Waals surface area contributed by atoms with Crippen LogP contribution in [-0.4, -0.2) is 43.8 Å². The van der Waals surface area contributed by atoms with E-state index in [0.717, 1.165) is 12.8 Å². The number of rotatable bonds is 4. The molecule has 0 N–H and O–H groups in total. The van der Waals surface area contributed by atoms with Crippen LogP contribution in [0.4, 0.5) is 0 Å². The third kappa shape index (κ3) is 3.74. The highest BCUT2D eigenvalue weighted by Crippen LogP contribution is 2.15. The van der Waals surface area contributed by atoms with Crippen LogP contribution >= 0.6 is 0 Å². The molecule has 0 aliphatic carbocycles. The van der Waals surface area contributed by atoms with Crippen molar-refractivity contribution in [1.82, 2.24) is 4.31 Å². The van der Waals surface area contributed by atoms with Gasteiger partial charge in [-0.15, -0.1) is 0 Å². The SMILES string of the molecule is CCCCS(=O)(=O)N1C[C@@H](C)O[C@@H](C)C1. The highest BCUT2D eigenvalue weighted by molar-refractivity contribution is 7.89. The number of nitrogens with zero attached hydrogens (tertiary/aromatic N) is 1. The molecule has 1 rings (SSSR count). The maximum absolute atomic E-state index is 11.9. The third-order valence-electron chi connectivity index (χ3n) is 2.54. The number of hydrogen-bond acceptors (Lipinski definition) is 3. The van der Waals surface area contributed by atoms with E-state index in [0.29, 0.717) is 13.1 Å². The summed E-state index contributed by atoms with van der Waals surface area (Å²) in [6.45, 7) is 6.82. The lowest BCUT2D eigenvalue weighted by Crippen LogP contribution is -2.48. The third-order valence-corrected chi connectivity index (χ3v) is 4.42. The van der Waals surface area contributed by atoms with E-state index >= 15 is 0 Å². The molecule has 2 atom stereocenters. The Morgan fingerprint density at radius 2 is 1.80 bits per heavy atom. The highest BCUT2D eigenvalue weighted by atomic mass is 32.2. The Bertz CT molecular complexity index is 279. The summed E-state index contributed by atoms with van der Waals surface area (Å²) in [5.74, 6) is 0.267. The average Bonchev–Trinajstić information content (AvgIpc) is 2.13. The zero-order chi connectivity index (χ0) is 11.5. The van der Waals surface area contributed by atoms with Gasteiger partial charge >= 0.3 is 0 Å². The minimum absolute atomic E-state index is 0.00477. The van der Waals surface area contributed by atoms with E-state index in [1.54, 1.807) is 4.31 Å². The molecule has 0 bridgehead atoms. The van der Waals surface area contributed by atoms with Crippen molar-refractivity contribution < 1.29 is 13.2 Å². The molecule has 1 aliphatic heterocycles. The summed E-state index contributed by atoms with van der Waals surface area (Å²) in [5, 5.41) is 0. The predicted molar refractivity (Wildman–Crippen MR) is 60.3 cm³/mol. The summed E-state index contributed by atoms with van der Waals surface area (Å²) in [6, 6.07) is 0. The lowest BCUT2D eigenvalue weighted by molar-refractivity contribution is -0.0440. The Morgan fingerprint density at radius 3 is 2.27 bits per heavy atom. The molecule has 0 amide bonds. The number of morpholine rings is 1. The molecule has 15 heavy (non-hydrogen) atoms. The molecule has 1 aliphatic rings.